The first kappa shape index (κ1) is 14.9. The van der Waals surface area contributed by atoms with E-state index in [0.717, 1.165) is 35.8 Å². The van der Waals surface area contributed by atoms with E-state index in [4.69, 9.17) is 4.74 Å². The highest BCUT2D eigenvalue weighted by atomic mass is 32.2. The zero-order chi connectivity index (χ0) is 13.4. The van der Waals surface area contributed by atoms with Gasteiger partial charge in [0.1, 0.15) is 6.07 Å². The van der Waals surface area contributed by atoms with Crippen molar-refractivity contribution in [3.05, 3.63) is 23.8 Å². The van der Waals surface area contributed by atoms with Gasteiger partial charge in [0.25, 0.3) is 0 Å². The van der Waals surface area contributed by atoms with Crippen molar-refractivity contribution in [3.63, 3.8) is 0 Å². The number of ether oxygens (including phenoxy) is 1. The molecule has 18 heavy (non-hydrogen) atoms. The second-order valence-electron chi connectivity index (χ2n) is 3.74. The Morgan fingerprint density at radius 2 is 2.17 bits per heavy atom. The van der Waals surface area contributed by atoms with E-state index in [1.165, 1.54) is 0 Å². The van der Waals surface area contributed by atoms with Gasteiger partial charge in [-0.15, -0.1) is 11.8 Å². The van der Waals surface area contributed by atoms with Crippen molar-refractivity contribution >= 4 is 17.4 Å². The normalized spacial score (nSPS) is 10.1. The van der Waals surface area contributed by atoms with Crippen LogP contribution in [0.25, 0.3) is 0 Å². The summed E-state index contributed by atoms with van der Waals surface area (Å²) >= 11 is 1.61. The summed E-state index contributed by atoms with van der Waals surface area (Å²) in [6.07, 6.45) is 2.00. The van der Waals surface area contributed by atoms with Crippen LogP contribution in [-0.4, -0.2) is 32.6 Å². The Labute approximate surface area is 114 Å². The molecule has 0 bridgehead atoms. The quantitative estimate of drug-likeness (QED) is 0.560. The lowest BCUT2D eigenvalue weighted by Gasteiger charge is -2.24. The second kappa shape index (κ2) is 8.02. The molecule has 1 aromatic rings. The van der Waals surface area contributed by atoms with Gasteiger partial charge in [0.05, 0.1) is 17.9 Å². The highest BCUT2D eigenvalue weighted by Gasteiger charge is 2.12. The Kier molecular flexibility index (Phi) is 6.63. The van der Waals surface area contributed by atoms with E-state index in [1.807, 2.05) is 31.4 Å². The van der Waals surface area contributed by atoms with Crippen LogP contribution in [0.15, 0.2) is 23.1 Å². The fraction of sp³-hybridized carbons (Fsp3) is 0.500. The molecule has 3 nitrogen and oxygen atoms in total. The summed E-state index contributed by atoms with van der Waals surface area (Å²) in [5.74, 6) is 0. The summed E-state index contributed by atoms with van der Waals surface area (Å²) in [7, 11) is 0. The van der Waals surface area contributed by atoms with Crippen LogP contribution in [-0.2, 0) is 4.74 Å². The first-order valence-corrected chi connectivity index (χ1v) is 7.40. The van der Waals surface area contributed by atoms with E-state index < -0.39 is 0 Å². The molecule has 98 valence electrons. The third-order valence-corrected chi connectivity index (χ3v) is 3.55. The van der Waals surface area contributed by atoms with Crippen LogP contribution in [0.4, 0.5) is 5.69 Å². The van der Waals surface area contributed by atoms with Crippen molar-refractivity contribution in [2.75, 3.05) is 37.5 Å². The minimum absolute atomic E-state index is 0.693. The van der Waals surface area contributed by atoms with Gasteiger partial charge in [-0.1, -0.05) is 6.07 Å². The van der Waals surface area contributed by atoms with E-state index in [0.29, 0.717) is 6.61 Å². The third kappa shape index (κ3) is 3.66. The molecule has 0 N–H and O–H groups in total. The molecule has 4 heteroatoms. The Bertz CT molecular complexity index is 415. The second-order valence-corrected chi connectivity index (χ2v) is 4.59. The molecule has 0 aliphatic carbocycles. The van der Waals surface area contributed by atoms with Crippen molar-refractivity contribution in [1.29, 1.82) is 5.26 Å². The third-order valence-electron chi connectivity index (χ3n) is 2.77. The molecule has 1 aromatic carbocycles. The van der Waals surface area contributed by atoms with Gasteiger partial charge in [-0.2, -0.15) is 5.26 Å². The minimum atomic E-state index is 0.693. The SMILES string of the molecule is CCOCCN(CC)c1cccc(SC)c1C#N. The van der Waals surface area contributed by atoms with Gasteiger partial charge in [-0.05, 0) is 32.2 Å². The maximum absolute atomic E-state index is 9.33. The molecule has 1 rings (SSSR count). The number of nitriles is 1. The van der Waals surface area contributed by atoms with Gasteiger partial charge in [-0.25, -0.2) is 0 Å². The number of likely N-dealkylation sites (N-methyl/N-ethyl adjacent to an activating group) is 1. The van der Waals surface area contributed by atoms with E-state index in [2.05, 4.69) is 17.9 Å². The van der Waals surface area contributed by atoms with Crippen molar-refractivity contribution in [3.8, 4) is 6.07 Å². The lowest BCUT2D eigenvalue weighted by Crippen LogP contribution is -2.28. The molecular weight excluding hydrogens is 244 g/mol. The van der Waals surface area contributed by atoms with Crippen LogP contribution in [0, 0.1) is 11.3 Å². The fourth-order valence-electron chi connectivity index (χ4n) is 1.83. The number of rotatable bonds is 7. The zero-order valence-corrected chi connectivity index (χ0v) is 12.1. The van der Waals surface area contributed by atoms with E-state index >= 15 is 0 Å². The van der Waals surface area contributed by atoms with Crippen LogP contribution in [0.3, 0.4) is 0 Å². The summed E-state index contributed by atoms with van der Waals surface area (Å²) in [6, 6.07) is 8.32. The zero-order valence-electron chi connectivity index (χ0n) is 11.3. The number of benzene rings is 1. The molecule has 0 saturated heterocycles. The summed E-state index contributed by atoms with van der Waals surface area (Å²) in [4.78, 5) is 3.22. The van der Waals surface area contributed by atoms with Gasteiger partial charge in [0.15, 0.2) is 0 Å². The van der Waals surface area contributed by atoms with Gasteiger partial charge < -0.3 is 9.64 Å². The molecule has 0 aliphatic rings. The molecule has 0 aliphatic heterocycles. The van der Waals surface area contributed by atoms with Crippen LogP contribution < -0.4 is 4.90 Å². The largest absolute Gasteiger partial charge is 0.380 e. The highest BCUT2D eigenvalue weighted by molar-refractivity contribution is 7.98. The molecule has 0 fully saturated rings. The van der Waals surface area contributed by atoms with Crippen molar-refractivity contribution < 1.29 is 4.74 Å². The Morgan fingerprint density at radius 1 is 1.39 bits per heavy atom. The molecule has 0 radical (unpaired) electrons. The molecule has 0 aromatic heterocycles. The molecule has 0 heterocycles. The molecule has 0 saturated carbocycles. The maximum Gasteiger partial charge on any atom is 0.103 e. The average molecular weight is 264 g/mol. The summed E-state index contributed by atoms with van der Waals surface area (Å²) < 4.78 is 5.39. The maximum atomic E-state index is 9.33. The van der Waals surface area contributed by atoms with Gasteiger partial charge in [0.2, 0.25) is 0 Å². The molecule has 0 spiro atoms. The lowest BCUT2D eigenvalue weighted by atomic mass is 10.1. The average Bonchev–Trinajstić information content (AvgIpc) is 2.42. The van der Waals surface area contributed by atoms with Crippen molar-refractivity contribution in [2.24, 2.45) is 0 Å². The Hall–Kier alpha value is -1.18. The highest BCUT2D eigenvalue weighted by Crippen LogP contribution is 2.28. The molecular formula is C14H20N2OS. The Balaban J connectivity index is 2.95. The molecule has 0 amide bonds. The fourth-order valence-corrected chi connectivity index (χ4v) is 2.40. The van der Waals surface area contributed by atoms with Crippen molar-refractivity contribution in [1.82, 2.24) is 0 Å². The number of nitrogens with zero attached hydrogens (tertiary/aromatic N) is 2. The predicted octanol–water partition coefficient (Wildman–Crippen LogP) is 3.14. The van der Waals surface area contributed by atoms with E-state index in [1.54, 1.807) is 11.8 Å². The first-order chi connectivity index (χ1) is 8.78. The monoisotopic (exact) mass is 264 g/mol. The van der Waals surface area contributed by atoms with E-state index in [-0.39, 0.29) is 0 Å². The number of anilines is 1. The smallest absolute Gasteiger partial charge is 0.103 e. The summed E-state index contributed by atoms with van der Waals surface area (Å²) in [5, 5.41) is 9.33. The number of hydrogen-bond acceptors (Lipinski definition) is 4. The standard InChI is InChI=1S/C14H20N2OS/c1-4-16(9-10-17-5-2)13-7-6-8-14(18-3)12(13)11-15/h6-8H,4-5,9-10H2,1-3H3. The van der Waals surface area contributed by atoms with Crippen LogP contribution in [0.1, 0.15) is 19.4 Å². The number of hydrogen-bond donors (Lipinski definition) is 0. The van der Waals surface area contributed by atoms with E-state index in [9.17, 15) is 5.26 Å². The van der Waals surface area contributed by atoms with Gasteiger partial charge in [-0.3, -0.25) is 0 Å². The van der Waals surface area contributed by atoms with Crippen LogP contribution in [0.5, 0.6) is 0 Å². The minimum Gasteiger partial charge on any atom is -0.380 e. The number of thioether (sulfide) groups is 1. The van der Waals surface area contributed by atoms with Gasteiger partial charge >= 0.3 is 0 Å². The summed E-state index contributed by atoms with van der Waals surface area (Å²) in [6.45, 7) is 7.20. The van der Waals surface area contributed by atoms with Crippen molar-refractivity contribution in [2.45, 2.75) is 18.7 Å². The topological polar surface area (TPSA) is 36.3 Å². The van der Waals surface area contributed by atoms with Crippen LogP contribution in [0.2, 0.25) is 0 Å². The summed E-state index contributed by atoms with van der Waals surface area (Å²) in [5.41, 5.74) is 1.77. The molecule has 0 unspecified atom stereocenters. The van der Waals surface area contributed by atoms with Crippen LogP contribution >= 0.6 is 11.8 Å². The Morgan fingerprint density at radius 3 is 2.72 bits per heavy atom. The lowest BCUT2D eigenvalue weighted by molar-refractivity contribution is 0.154. The van der Waals surface area contributed by atoms with Gasteiger partial charge in [0, 0.05) is 24.6 Å². The predicted molar refractivity (Wildman–Crippen MR) is 77.3 cm³/mol. The first-order valence-electron chi connectivity index (χ1n) is 6.18. The molecule has 0 atom stereocenters.